The van der Waals surface area contributed by atoms with Crippen molar-refractivity contribution in [3.8, 4) is 12.1 Å². The van der Waals surface area contributed by atoms with E-state index in [1.54, 1.807) is 12.1 Å². The summed E-state index contributed by atoms with van der Waals surface area (Å²) in [4.78, 5) is 2.03. The fourth-order valence-corrected chi connectivity index (χ4v) is 1.27. The number of nitrogens with one attached hydrogen (secondary N) is 1. The quantitative estimate of drug-likeness (QED) is 0.795. The van der Waals surface area contributed by atoms with Crippen LogP contribution in [0.3, 0.4) is 0 Å². The molecule has 0 saturated heterocycles. The molecule has 17 heavy (non-hydrogen) atoms. The maximum atomic E-state index is 8.53. The van der Waals surface area contributed by atoms with E-state index in [2.05, 4.69) is 5.32 Å². The highest BCUT2D eigenvalue weighted by molar-refractivity contribution is 5.46. The zero-order valence-electron chi connectivity index (χ0n) is 9.94. The largest absolute Gasteiger partial charge is 0.385 e. The first-order chi connectivity index (χ1) is 8.17. The van der Waals surface area contributed by atoms with Crippen LogP contribution in [0.1, 0.15) is 5.56 Å². The Labute approximate surface area is 101 Å². The molecule has 0 amide bonds. The van der Waals surface area contributed by atoms with Gasteiger partial charge in [-0.3, -0.25) is 0 Å². The van der Waals surface area contributed by atoms with Crippen molar-refractivity contribution in [2.75, 3.05) is 19.0 Å². The smallest absolute Gasteiger partial charge is 0.145 e. The van der Waals surface area contributed by atoms with Crippen molar-refractivity contribution in [3.63, 3.8) is 0 Å². The summed E-state index contributed by atoms with van der Waals surface area (Å²) >= 11 is 0. The molecule has 4 heteroatoms. The van der Waals surface area contributed by atoms with Gasteiger partial charge < -0.3 is 10.2 Å². The normalized spacial score (nSPS) is 8.71. The number of rotatable bonds is 4. The highest BCUT2D eigenvalue weighted by Gasteiger charge is 1.96. The van der Waals surface area contributed by atoms with Crippen LogP contribution in [0.2, 0.25) is 0 Å². The number of hydrogen-bond donors (Lipinski definition) is 1. The summed E-state index contributed by atoms with van der Waals surface area (Å²) in [5.74, 6) is 0. The number of nitrogens with zero attached hydrogens (tertiary/aromatic N) is 3. The zero-order chi connectivity index (χ0) is 12.7. The van der Waals surface area contributed by atoms with E-state index in [1.807, 2.05) is 43.3 Å². The molecule has 1 aromatic carbocycles. The third-order valence-electron chi connectivity index (χ3n) is 2.25. The van der Waals surface area contributed by atoms with Crippen molar-refractivity contribution in [1.82, 2.24) is 5.32 Å². The Kier molecular flexibility index (Phi) is 4.59. The molecule has 0 unspecified atom stereocenters. The number of allylic oxidation sites excluding steroid dienone is 1. The Morgan fingerprint density at radius 3 is 2.29 bits per heavy atom. The molecule has 0 radical (unpaired) electrons. The molecule has 1 rings (SSSR count). The van der Waals surface area contributed by atoms with Crippen molar-refractivity contribution < 1.29 is 0 Å². The van der Waals surface area contributed by atoms with Crippen LogP contribution >= 0.6 is 0 Å². The van der Waals surface area contributed by atoms with Gasteiger partial charge in [-0.15, -0.1) is 0 Å². The van der Waals surface area contributed by atoms with E-state index < -0.39 is 0 Å². The molecule has 0 atom stereocenters. The predicted molar refractivity (Wildman–Crippen MR) is 66.9 cm³/mol. The summed E-state index contributed by atoms with van der Waals surface area (Å²) in [7, 11) is 3.98. The molecule has 86 valence electrons. The monoisotopic (exact) mass is 226 g/mol. The molecule has 1 aromatic rings. The van der Waals surface area contributed by atoms with Gasteiger partial charge in [0.1, 0.15) is 17.7 Å². The molecule has 1 N–H and O–H groups in total. The van der Waals surface area contributed by atoms with Gasteiger partial charge >= 0.3 is 0 Å². The van der Waals surface area contributed by atoms with Gasteiger partial charge in [-0.05, 0) is 17.7 Å². The molecule has 4 nitrogen and oxygen atoms in total. The minimum atomic E-state index is 0.0786. The molecule has 0 aliphatic carbocycles. The number of hydrogen-bond acceptors (Lipinski definition) is 4. The van der Waals surface area contributed by atoms with Crippen LogP contribution in [0.25, 0.3) is 0 Å². The molecule has 0 saturated carbocycles. The summed E-state index contributed by atoms with van der Waals surface area (Å²) in [6.07, 6.45) is 1.43. The van der Waals surface area contributed by atoms with Gasteiger partial charge in [-0.1, -0.05) is 12.1 Å². The molecule has 0 spiro atoms. The maximum absolute atomic E-state index is 8.53. The van der Waals surface area contributed by atoms with E-state index in [-0.39, 0.29) is 5.57 Å². The lowest BCUT2D eigenvalue weighted by Gasteiger charge is -2.12. The minimum Gasteiger partial charge on any atom is -0.385 e. The van der Waals surface area contributed by atoms with Crippen LogP contribution in [0.15, 0.2) is 36.0 Å². The zero-order valence-corrected chi connectivity index (χ0v) is 9.94. The predicted octanol–water partition coefficient (Wildman–Crippen LogP) is 1.77. The summed E-state index contributed by atoms with van der Waals surface area (Å²) in [5.41, 5.74) is 2.32. The van der Waals surface area contributed by atoms with Crippen molar-refractivity contribution in [3.05, 3.63) is 41.6 Å². The van der Waals surface area contributed by atoms with E-state index in [1.165, 1.54) is 6.20 Å². The third-order valence-corrected chi connectivity index (χ3v) is 2.25. The second kappa shape index (κ2) is 6.19. The second-order valence-electron chi connectivity index (χ2n) is 3.72. The van der Waals surface area contributed by atoms with Crippen LogP contribution in [-0.2, 0) is 6.54 Å². The lowest BCUT2D eigenvalue weighted by Crippen LogP contribution is -2.09. The van der Waals surface area contributed by atoms with Gasteiger partial charge in [0.05, 0.1) is 0 Å². The molecule has 0 fully saturated rings. The number of benzene rings is 1. The fraction of sp³-hybridized carbons (Fsp3) is 0.231. The fourth-order valence-electron chi connectivity index (χ4n) is 1.27. The Bertz CT molecular complexity index is 456. The first-order valence-electron chi connectivity index (χ1n) is 5.17. The highest BCUT2D eigenvalue weighted by atomic mass is 15.1. The SMILES string of the molecule is CN(C)c1ccc(CNC=C(C#N)C#N)cc1. The van der Waals surface area contributed by atoms with Crippen molar-refractivity contribution >= 4 is 5.69 Å². The van der Waals surface area contributed by atoms with E-state index in [0.29, 0.717) is 6.54 Å². The topological polar surface area (TPSA) is 62.9 Å². The summed E-state index contributed by atoms with van der Waals surface area (Å²) < 4.78 is 0. The summed E-state index contributed by atoms with van der Waals surface area (Å²) in [6, 6.07) is 11.7. The Hall–Kier alpha value is -2.46. The number of nitriles is 2. The molecule has 0 aliphatic rings. The van der Waals surface area contributed by atoms with Gasteiger partial charge in [-0.2, -0.15) is 10.5 Å². The van der Waals surface area contributed by atoms with Crippen LogP contribution in [0, 0.1) is 22.7 Å². The van der Waals surface area contributed by atoms with Crippen LogP contribution < -0.4 is 10.2 Å². The molecule has 0 aliphatic heterocycles. The molecular weight excluding hydrogens is 212 g/mol. The second-order valence-corrected chi connectivity index (χ2v) is 3.72. The summed E-state index contributed by atoms with van der Waals surface area (Å²) in [6.45, 7) is 0.598. The van der Waals surface area contributed by atoms with Crippen LogP contribution in [0.4, 0.5) is 5.69 Å². The Morgan fingerprint density at radius 2 is 1.82 bits per heavy atom. The van der Waals surface area contributed by atoms with E-state index >= 15 is 0 Å². The summed E-state index contributed by atoms with van der Waals surface area (Å²) in [5, 5.41) is 20.0. The molecular formula is C13H14N4. The highest BCUT2D eigenvalue weighted by Crippen LogP contribution is 2.11. The Balaban J connectivity index is 2.57. The molecule has 0 heterocycles. The van der Waals surface area contributed by atoms with E-state index in [9.17, 15) is 0 Å². The first kappa shape index (κ1) is 12.6. The molecule has 0 aromatic heterocycles. The van der Waals surface area contributed by atoms with Crippen molar-refractivity contribution in [1.29, 1.82) is 10.5 Å². The van der Waals surface area contributed by atoms with E-state index in [4.69, 9.17) is 10.5 Å². The lowest BCUT2D eigenvalue weighted by atomic mass is 10.2. The van der Waals surface area contributed by atoms with E-state index in [0.717, 1.165) is 11.3 Å². The lowest BCUT2D eigenvalue weighted by molar-refractivity contribution is 0.866. The number of anilines is 1. The van der Waals surface area contributed by atoms with Crippen LogP contribution in [0.5, 0.6) is 0 Å². The maximum Gasteiger partial charge on any atom is 0.145 e. The standard InChI is InChI=1S/C13H14N4/c1-17(2)13-5-3-11(4-6-13)9-16-10-12(7-14)8-15/h3-6,10,16H,9H2,1-2H3. The average Bonchev–Trinajstić information content (AvgIpc) is 2.35. The van der Waals surface area contributed by atoms with Gasteiger partial charge in [0.2, 0.25) is 0 Å². The van der Waals surface area contributed by atoms with Crippen LogP contribution in [-0.4, -0.2) is 14.1 Å². The minimum absolute atomic E-state index is 0.0786. The van der Waals surface area contributed by atoms with Gasteiger partial charge in [0.15, 0.2) is 0 Å². The van der Waals surface area contributed by atoms with Gasteiger partial charge in [0, 0.05) is 32.5 Å². The van der Waals surface area contributed by atoms with Gasteiger partial charge in [-0.25, -0.2) is 0 Å². The van der Waals surface area contributed by atoms with Crippen molar-refractivity contribution in [2.45, 2.75) is 6.54 Å². The molecule has 0 bridgehead atoms. The van der Waals surface area contributed by atoms with Crippen molar-refractivity contribution in [2.24, 2.45) is 0 Å². The average molecular weight is 226 g/mol. The first-order valence-corrected chi connectivity index (χ1v) is 5.17. The van der Waals surface area contributed by atoms with Gasteiger partial charge in [0.25, 0.3) is 0 Å². The Morgan fingerprint density at radius 1 is 1.24 bits per heavy atom. The third kappa shape index (κ3) is 3.89.